The highest BCUT2D eigenvalue weighted by atomic mass is 32.2. The van der Waals surface area contributed by atoms with Gasteiger partial charge < -0.3 is 19.9 Å². The molecule has 0 spiro atoms. The summed E-state index contributed by atoms with van der Waals surface area (Å²) in [6.07, 6.45) is 0.806. The lowest BCUT2D eigenvalue weighted by molar-refractivity contribution is -0.115. The Kier molecular flexibility index (Phi) is 6.49. The van der Waals surface area contributed by atoms with Crippen LogP contribution in [0.3, 0.4) is 0 Å². The maximum atomic E-state index is 12.9. The third-order valence-corrected chi connectivity index (χ3v) is 4.97. The average molecular weight is 391 g/mol. The molecule has 9 heteroatoms. The lowest BCUT2D eigenvalue weighted by atomic mass is 10.2. The van der Waals surface area contributed by atoms with Crippen molar-refractivity contribution in [1.82, 2.24) is 9.55 Å². The normalized spacial score (nSPS) is 12.9. The summed E-state index contributed by atoms with van der Waals surface area (Å²) in [5, 5.41) is 12.6. The van der Waals surface area contributed by atoms with Crippen molar-refractivity contribution in [3.05, 3.63) is 40.2 Å². The molecule has 8 nitrogen and oxygen atoms in total. The van der Waals surface area contributed by atoms with Crippen molar-refractivity contribution in [2.45, 2.75) is 18.0 Å². The van der Waals surface area contributed by atoms with Gasteiger partial charge in [-0.15, -0.1) is 0 Å². The topological polar surface area (TPSA) is 103 Å². The van der Waals surface area contributed by atoms with Crippen LogP contribution in [-0.4, -0.2) is 53.2 Å². The molecule has 0 atom stereocenters. The van der Waals surface area contributed by atoms with Gasteiger partial charge in [0.1, 0.15) is 11.6 Å². The second-order valence-electron chi connectivity index (χ2n) is 5.91. The predicted octanol–water partition coefficient (Wildman–Crippen LogP) is 1.58. The zero-order valence-electron chi connectivity index (χ0n) is 14.9. The molecule has 27 heavy (non-hydrogen) atoms. The molecule has 1 aliphatic heterocycles. The molecule has 2 aromatic rings. The van der Waals surface area contributed by atoms with Crippen molar-refractivity contribution >= 4 is 23.5 Å². The quantitative estimate of drug-likeness (QED) is 0.380. The van der Waals surface area contributed by atoms with Crippen LogP contribution in [0.15, 0.2) is 34.2 Å². The number of ether oxygens (including phenoxy) is 2. The standard InChI is InChI=1S/C18H21N3O5S/c1-25-8-9-26-7-2-10-27-18-20-16-14(11-15(23)19-16)17(24)21(18)12-3-5-13(22)6-4-12/h3-6,22H,2,7-11H2,1H3,(H,19,23). The van der Waals surface area contributed by atoms with Gasteiger partial charge in [0.25, 0.3) is 5.56 Å². The molecule has 1 aromatic heterocycles. The minimum absolute atomic E-state index is 0.0253. The van der Waals surface area contributed by atoms with Crippen molar-refractivity contribution < 1.29 is 19.4 Å². The number of anilines is 1. The number of amides is 1. The average Bonchev–Trinajstić information content (AvgIpc) is 3.03. The third-order valence-electron chi connectivity index (χ3n) is 3.94. The number of nitrogens with one attached hydrogen (secondary N) is 1. The molecule has 0 fully saturated rings. The molecule has 0 aliphatic carbocycles. The molecule has 2 heterocycles. The van der Waals surface area contributed by atoms with E-state index in [0.29, 0.717) is 47.8 Å². The van der Waals surface area contributed by atoms with Crippen molar-refractivity contribution in [3.63, 3.8) is 0 Å². The first-order valence-corrected chi connectivity index (χ1v) is 9.53. The zero-order valence-corrected chi connectivity index (χ0v) is 15.8. The maximum Gasteiger partial charge on any atom is 0.264 e. The first kappa shape index (κ1) is 19.4. The number of carbonyl (C=O) groups excluding carboxylic acids is 1. The van der Waals surface area contributed by atoms with Gasteiger partial charge >= 0.3 is 0 Å². The number of methoxy groups -OCH3 is 1. The first-order valence-electron chi connectivity index (χ1n) is 8.55. The summed E-state index contributed by atoms with van der Waals surface area (Å²) in [4.78, 5) is 29.1. The second kappa shape index (κ2) is 9.03. The van der Waals surface area contributed by atoms with Crippen LogP contribution in [0.4, 0.5) is 5.82 Å². The summed E-state index contributed by atoms with van der Waals surface area (Å²) in [6, 6.07) is 6.31. The van der Waals surface area contributed by atoms with E-state index in [0.717, 1.165) is 6.42 Å². The number of benzene rings is 1. The number of carbonyl (C=O) groups is 1. The van der Waals surface area contributed by atoms with E-state index in [-0.39, 0.29) is 23.6 Å². The van der Waals surface area contributed by atoms with Gasteiger partial charge in [0, 0.05) is 19.5 Å². The van der Waals surface area contributed by atoms with Crippen LogP contribution in [0, 0.1) is 0 Å². The molecule has 144 valence electrons. The van der Waals surface area contributed by atoms with Gasteiger partial charge in [-0.3, -0.25) is 14.2 Å². The van der Waals surface area contributed by atoms with Crippen LogP contribution in [0.25, 0.3) is 5.69 Å². The Morgan fingerprint density at radius 1 is 1.22 bits per heavy atom. The van der Waals surface area contributed by atoms with Gasteiger partial charge in [-0.2, -0.15) is 0 Å². The van der Waals surface area contributed by atoms with Gasteiger partial charge in [-0.05, 0) is 30.7 Å². The number of thioether (sulfide) groups is 1. The number of fused-ring (bicyclic) bond motifs is 1. The van der Waals surface area contributed by atoms with Crippen LogP contribution in [0.5, 0.6) is 5.75 Å². The van der Waals surface area contributed by atoms with Crippen LogP contribution in [0.1, 0.15) is 12.0 Å². The third kappa shape index (κ3) is 4.68. The van der Waals surface area contributed by atoms with Crippen LogP contribution < -0.4 is 10.9 Å². The van der Waals surface area contributed by atoms with Crippen molar-refractivity contribution in [2.75, 3.05) is 38.0 Å². The van der Waals surface area contributed by atoms with E-state index in [2.05, 4.69) is 10.3 Å². The van der Waals surface area contributed by atoms with E-state index < -0.39 is 0 Å². The van der Waals surface area contributed by atoms with E-state index in [4.69, 9.17) is 9.47 Å². The highest BCUT2D eigenvalue weighted by Gasteiger charge is 2.26. The highest BCUT2D eigenvalue weighted by Crippen LogP contribution is 2.26. The summed E-state index contributed by atoms with van der Waals surface area (Å²) in [5.41, 5.74) is 0.675. The van der Waals surface area contributed by atoms with Crippen LogP contribution in [0.2, 0.25) is 0 Å². The van der Waals surface area contributed by atoms with E-state index in [9.17, 15) is 14.7 Å². The fourth-order valence-electron chi connectivity index (χ4n) is 2.63. The maximum absolute atomic E-state index is 12.9. The first-order chi connectivity index (χ1) is 13.1. The molecule has 0 unspecified atom stereocenters. The van der Waals surface area contributed by atoms with E-state index in [1.165, 1.54) is 28.5 Å². The fraction of sp³-hybridized carbons (Fsp3) is 0.389. The summed E-state index contributed by atoms with van der Waals surface area (Å²) >= 11 is 1.42. The Labute approximate surface area is 160 Å². The molecule has 1 aliphatic rings. The molecule has 0 bridgehead atoms. The van der Waals surface area contributed by atoms with Crippen molar-refractivity contribution in [2.24, 2.45) is 0 Å². The molecule has 1 amide bonds. The molecule has 0 saturated heterocycles. The van der Waals surface area contributed by atoms with Gasteiger partial charge in [0.2, 0.25) is 5.91 Å². The molecule has 2 N–H and O–H groups in total. The highest BCUT2D eigenvalue weighted by molar-refractivity contribution is 7.99. The van der Waals surface area contributed by atoms with Gasteiger partial charge in [0.05, 0.1) is 30.9 Å². The Bertz CT molecular complexity index is 867. The smallest absolute Gasteiger partial charge is 0.264 e. The fourth-order valence-corrected chi connectivity index (χ4v) is 3.55. The minimum Gasteiger partial charge on any atom is -0.508 e. The van der Waals surface area contributed by atoms with E-state index in [1.807, 2.05) is 0 Å². The molecule has 0 radical (unpaired) electrons. The Hall–Kier alpha value is -2.36. The largest absolute Gasteiger partial charge is 0.508 e. The number of aromatic hydroxyl groups is 1. The summed E-state index contributed by atoms with van der Waals surface area (Å²) in [5.74, 6) is 0.907. The molecule has 0 saturated carbocycles. The van der Waals surface area contributed by atoms with Gasteiger partial charge in [-0.25, -0.2) is 4.98 Å². The molecule has 3 rings (SSSR count). The number of nitrogens with zero attached hydrogens (tertiary/aromatic N) is 2. The number of hydrogen-bond donors (Lipinski definition) is 2. The van der Waals surface area contributed by atoms with E-state index >= 15 is 0 Å². The summed E-state index contributed by atoms with van der Waals surface area (Å²) in [7, 11) is 1.63. The SMILES string of the molecule is COCCOCCCSc1nc2c(c(=O)n1-c1ccc(O)cc1)CC(=O)N2. The number of rotatable bonds is 9. The predicted molar refractivity (Wildman–Crippen MR) is 102 cm³/mol. The van der Waals surface area contributed by atoms with Crippen LogP contribution in [-0.2, 0) is 20.7 Å². The van der Waals surface area contributed by atoms with Crippen LogP contribution >= 0.6 is 11.8 Å². The van der Waals surface area contributed by atoms with Gasteiger partial charge in [-0.1, -0.05) is 11.8 Å². The lowest BCUT2D eigenvalue weighted by Crippen LogP contribution is -2.24. The van der Waals surface area contributed by atoms with Gasteiger partial charge in [0.15, 0.2) is 5.16 Å². The van der Waals surface area contributed by atoms with Crippen molar-refractivity contribution in [3.8, 4) is 11.4 Å². The lowest BCUT2D eigenvalue weighted by Gasteiger charge is -2.13. The summed E-state index contributed by atoms with van der Waals surface area (Å²) in [6.45, 7) is 1.68. The zero-order chi connectivity index (χ0) is 19.2. The second-order valence-corrected chi connectivity index (χ2v) is 6.97. The molecule has 1 aromatic carbocycles. The molecular formula is C18H21N3O5S. The number of hydrogen-bond acceptors (Lipinski definition) is 7. The van der Waals surface area contributed by atoms with Crippen molar-refractivity contribution in [1.29, 1.82) is 0 Å². The monoisotopic (exact) mass is 391 g/mol. The Morgan fingerprint density at radius 2 is 2.00 bits per heavy atom. The number of aromatic nitrogens is 2. The Balaban J connectivity index is 1.80. The summed E-state index contributed by atoms with van der Waals surface area (Å²) < 4.78 is 11.8. The number of phenolic OH excluding ortho intramolecular Hbond substituents is 1. The molecular weight excluding hydrogens is 370 g/mol. The van der Waals surface area contributed by atoms with E-state index in [1.54, 1.807) is 19.2 Å². The Morgan fingerprint density at radius 3 is 2.74 bits per heavy atom. The number of phenols is 1. The minimum atomic E-state index is -0.275.